The first-order valence-electron chi connectivity index (χ1n) is 5.67. The Kier molecular flexibility index (Phi) is 4.35. The number of rotatable bonds is 4. The van der Waals surface area contributed by atoms with Gasteiger partial charge in [0, 0.05) is 19.6 Å². The highest BCUT2D eigenvalue weighted by molar-refractivity contribution is 4.90. The molecule has 2 atom stereocenters. The second-order valence-corrected chi connectivity index (χ2v) is 5.42. The fourth-order valence-corrected chi connectivity index (χ4v) is 1.72. The Morgan fingerprint density at radius 3 is 1.62 bits per heavy atom. The van der Waals surface area contributed by atoms with Crippen LogP contribution in [0.25, 0.3) is 0 Å². The van der Waals surface area contributed by atoms with E-state index >= 15 is 0 Å². The van der Waals surface area contributed by atoms with Crippen molar-refractivity contribution in [2.75, 3.05) is 27.4 Å². The Bertz CT molecular complexity index is 208. The molecule has 0 saturated carbocycles. The SMILES string of the molecule is COC[C@H]1OC(C)(C(C)(C)C)O[C@@H]1COC. The average molecular weight is 232 g/mol. The van der Waals surface area contributed by atoms with Gasteiger partial charge in [0.1, 0.15) is 12.2 Å². The third-order valence-corrected chi connectivity index (χ3v) is 3.19. The molecule has 1 aliphatic rings. The summed E-state index contributed by atoms with van der Waals surface area (Å²) >= 11 is 0. The lowest BCUT2D eigenvalue weighted by molar-refractivity contribution is -0.227. The molecule has 1 aliphatic heterocycles. The summed E-state index contributed by atoms with van der Waals surface area (Å²) in [5, 5.41) is 0. The smallest absolute Gasteiger partial charge is 0.171 e. The highest BCUT2D eigenvalue weighted by Crippen LogP contribution is 2.42. The molecule has 0 amide bonds. The third kappa shape index (κ3) is 2.74. The van der Waals surface area contributed by atoms with E-state index in [1.165, 1.54) is 0 Å². The first-order chi connectivity index (χ1) is 7.34. The van der Waals surface area contributed by atoms with Gasteiger partial charge >= 0.3 is 0 Å². The van der Waals surface area contributed by atoms with Crippen LogP contribution in [-0.4, -0.2) is 45.4 Å². The number of hydrogen-bond donors (Lipinski definition) is 0. The average Bonchev–Trinajstić information content (AvgIpc) is 2.45. The molecular formula is C12H24O4. The van der Waals surface area contributed by atoms with E-state index in [0.717, 1.165) is 0 Å². The molecule has 4 heteroatoms. The van der Waals surface area contributed by atoms with Crippen LogP contribution in [0.4, 0.5) is 0 Å². The molecule has 0 spiro atoms. The predicted molar refractivity (Wildman–Crippen MR) is 61.4 cm³/mol. The highest BCUT2D eigenvalue weighted by atomic mass is 16.8. The molecule has 1 saturated heterocycles. The monoisotopic (exact) mass is 232 g/mol. The first-order valence-corrected chi connectivity index (χ1v) is 5.67. The van der Waals surface area contributed by atoms with E-state index in [1.807, 2.05) is 6.92 Å². The molecule has 1 heterocycles. The van der Waals surface area contributed by atoms with Crippen LogP contribution < -0.4 is 0 Å². The first kappa shape index (κ1) is 13.9. The van der Waals surface area contributed by atoms with Crippen molar-refractivity contribution in [3.05, 3.63) is 0 Å². The second-order valence-electron chi connectivity index (χ2n) is 5.42. The lowest BCUT2D eigenvalue weighted by atomic mass is 9.87. The molecule has 0 aromatic carbocycles. The van der Waals surface area contributed by atoms with Crippen molar-refractivity contribution < 1.29 is 18.9 Å². The lowest BCUT2D eigenvalue weighted by Crippen LogP contribution is -2.42. The third-order valence-electron chi connectivity index (χ3n) is 3.19. The van der Waals surface area contributed by atoms with Gasteiger partial charge in [-0.1, -0.05) is 20.8 Å². The fraction of sp³-hybridized carbons (Fsp3) is 1.00. The number of ether oxygens (including phenoxy) is 4. The van der Waals surface area contributed by atoms with Crippen molar-refractivity contribution in [3.8, 4) is 0 Å². The molecule has 0 radical (unpaired) electrons. The van der Waals surface area contributed by atoms with Crippen LogP contribution in [0.2, 0.25) is 0 Å². The van der Waals surface area contributed by atoms with Gasteiger partial charge in [-0.15, -0.1) is 0 Å². The second kappa shape index (κ2) is 5.00. The van der Waals surface area contributed by atoms with Crippen LogP contribution >= 0.6 is 0 Å². The van der Waals surface area contributed by atoms with E-state index in [1.54, 1.807) is 14.2 Å². The van der Waals surface area contributed by atoms with E-state index in [-0.39, 0.29) is 17.6 Å². The van der Waals surface area contributed by atoms with Gasteiger partial charge in [-0.05, 0) is 6.92 Å². The molecule has 1 rings (SSSR count). The van der Waals surface area contributed by atoms with Crippen molar-refractivity contribution in [3.63, 3.8) is 0 Å². The van der Waals surface area contributed by atoms with Gasteiger partial charge in [-0.25, -0.2) is 0 Å². The normalized spacial score (nSPS) is 29.6. The zero-order valence-electron chi connectivity index (χ0n) is 11.2. The summed E-state index contributed by atoms with van der Waals surface area (Å²) in [5.74, 6) is -0.584. The van der Waals surface area contributed by atoms with Gasteiger partial charge in [-0.2, -0.15) is 0 Å². The molecule has 0 aliphatic carbocycles. The summed E-state index contributed by atoms with van der Waals surface area (Å²) in [7, 11) is 3.33. The standard InChI is InChI=1S/C12H24O4/c1-11(2,3)12(4)15-9(7-13-5)10(16-12)8-14-6/h9-10H,7-8H2,1-6H3/t9-,10-/m1/s1. The topological polar surface area (TPSA) is 36.9 Å². The summed E-state index contributed by atoms with van der Waals surface area (Å²) in [5.41, 5.74) is -0.0819. The summed E-state index contributed by atoms with van der Waals surface area (Å²) in [4.78, 5) is 0. The summed E-state index contributed by atoms with van der Waals surface area (Å²) in [6.07, 6.45) is -0.122. The minimum absolute atomic E-state index is 0.0609. The fourth-order valence-electron chi connectivity index (χ4n) is 1.72. The maximum Gasteiger partial charge on any atom is 0.171 e. The Labute approximate surface area is 98.2 Å². The Morgan fingerprint density at radius 2 is 1.38 bits per heavy atom. The van der Waals surface area contributed by atoms with E-state index in [9.17, 15) is 0 Å². The predicted octanol–water partition coefficient (Wildman–Crippen LogP) is 1.83. The van der Waals surface area contributed by atoms with E-state index < -0.39 is 5.79 Å². The van der Waals surface area contributed by atoms with Crippen molar-refractivity contribution in [2.24, 2.45) is 5.41 Å². The quantitative estimate of drug-likeness (QED) is 0.741. The van der Waals surface area contributed by atoms with E-state index in [2.05, 4.69) is 20.8 Å². The van der Waals surface area contributed by atoms with Gasteiger partial charge in [-0.3, -0.25) is 0 Å². The molecular weight excluding hydrogens is 208 g/mol. The van der Waals surface area contributed by atoms with Gasteiger partial charge in [0.2, 0.25) is 0 Å². The molecule has 1 fully saturated rings. The summed E-state index contributed by atoms with van der Waals surface area (Å²) in [6, 6.07) is 0. The van der Waals surface area contributed by atoms with Gasteiger partial charge in [0.25, 0.3) is 0 Å². The van der Waals surface area contributed by atoms with Crippen molar-refractivity contribution in [2.45, 2.75) is 45.7 Å². The molecule has 0 unspecified atom stereocenters. The Hall–Kier alpha value is -0.160. The molecule has 96 valence electrons. The van der Waals surface area contributed by atoms with E-state index in [4.69, 9.17) is 18.9 Å². The maximum absolute atomic E-state index is 5.99. The van der Waals surface area contributed by atoms with E-state index in [0.29, 0.717) is 13.2 Å². The van der Waals surface area contributed by atoms with Crippen LogP contribution in [0.1, 0.15) is 27.7 Å². The zero-order chi connectivity index (χ0) is 12.4. The largest absolute Gasteiger partial charge is 0.382 e. The van der Waals surface area contributed by atoms with Crippen LogP contribution in [0.15, 0.2) is 0 Å². The van der Waals surface area contributed by atoms with Crippen LogP contribution in [-0.2, 0) is 18.9 Å². The van der Waals surface area contributed by atoms with Crippen molar-refractivity contribution in [1.29, 1.82) is 0 Å². The molecule has 0 N–H and O–H groups in total. The van der Waals surface area contributed by atoms with Crippen molar-refractivity contribution in [1.82, 2.24) is 0 Å². The molecule has 0 aromatic heterocycles. The lowest BCUT2D eigenvalue weighted by Gasteiger charge is -2.36. The van der Waals surface area contributed by atoms with Gasteiger partial charge in [0.05, 0.1) is 13.2 Å². The zero-order valence-corrected chi connectivity index (χ0v) is 11.2. The summed E-state index contributed by atoms with van der Waals surface area (Å²) < 4.78 is 22.3. The number of hydrogen-bond acceptors (Lipinski definition) is 4. The molecule has 4 nitrogen and oxygen atoms in total. The minimum Gasteiger partial charge on any atom is -0.382 e. The van der Waals surface area contributed by atoms with Crippen LogP contribution in [0, 0.1) is 5.41 Å². The minimum atomic E-state index is -0.584. The summed E-state index contributed by atoms with van der Waals surface area (Å²) in [6.45, 7) is 9.34. The maximum atomic E-state index is 5.99. The van der Waals surface area contributed by atoms with Gasteiger partial charge < -0.3 is 18.9 Å². The molecule has 0 bridgehead atoms. The van der Waals surface area contributed by atoms with Crippen LogP contribution in [0.3, 0.4) is 0 Å². The van der Waals surface area contributed by atoms with Gasteiger partial charge in [0.15, 0.2) is 5.79 Å². The van der Waals surface area contributed by atoms with Crippen LogP contribution in [0.5, 0.6) is 0 Å². The highest BCUT2D eigenvalue weighted by Gasteiger charge is 2.51. The molecule has 0 aromatic rings. The Balaban J connectivity index is 2.74. The Morgan fingerprint density at radius 1 is 1.00 bits per heavy atom. The molecule has 16 heavy (non-hydrogen) atoms. The number of methoxy groups -OCH3 is 2. The van der Waals surface area contributed by atoms with Crippen molar-refractivity contribution >= 4 is 0 Å².